The van der Waals surface area contributed by atoms with E-state index in [1.54, 1.807) is 0 Å². The van der Waals surface area contributed by atoms with Crippen LogP contribution in [0.2, 0.25) is 0 Å². The van der Waals surface area contributed by atoms with Crippen molar-refractivity contribution in [1.29, 1.82) is 0 Å². The highest BCUT2D eigenvalue weighted by molar-refractivity contribution is 7.80. The van der Waals surface area contributed by atoms with E-state index in [9.17, 15) is 18.8 Å². The smallest absolute Gasteiger partial charge is 0.308 e. The molecule has 2 amide bonds. The molecule has 1 aliphatic rings. The van der Waals surface area contributed by atoms with Crippen LogP contribution in [0.15, 0.2) is 24.3 Å². The molecule has 1 aliphatic heterocycles. The highest BCUT2D eigenvalue weighted by Gasteiger charge is 2.34. The standard InChI is InChI=1S/C19H24FN3O4S/c1-12(2)7-10-27-16(24)11-15-18(26)21-8-9-23(15)19(28)22-17(25)13-5-3-4-6-14(13)20/h3-6,12,15H,7-11H2,1-2H3,(H,21,26)(H,22,25,28). The maximum Gasteiger partial charge on any atom is 0.308 e. The molecule has 0 aromatic heterocycles. The third kappa shape index (κ3) is 5.98. The minimum atomic E-state index is -0.895. The van der Waals surface area contributed by atoms with Crippen LogP contribution in [-0.2, 0) is 14.3 Å². The van der Waals surface area contributed by atoms with Crippen LogP contribution in [0.1, 0.15) is 37.0 Å². The quantitative estimate of drug-likeness (QED) is 0.548. The van der Waals surface area contributed by atoms with Gasteiger partial charge < -0.3 is 15.0 Å². The van der Waals surface area contributed by atoms with Crippen molar-refractivity contribution in [3.63, 3.8) is 0 Å². The molecule has 1 unspecified atom stereocenters. The van der Waals surface area contributed by atoms with E-state index in [1.807, 2.05) is 13.8 Å². The Bertz CT molecular complexity index is 756. The number of amides is 2. The summed E-state index contributed by atoms with van der Waals surface area (Å²) in [6.45, 7) is 4.93. The van der Waals surface area contributed by atoms with Crippen LogP contribution in [0.3, 0.4) is 0 Å². The molecule has 1 aromatic rings. The molecule has 1 saturated heterocycles. The third-order valence-electron chi connectivity index (χ3n) is 4.25. The van der Waals surface area contributed by atoms with Crippen LogP contribution < -0.4 is 10.6 Å². The van der Waals surface area contributed by atoms with Gasteiger partial charge in [-0.2, -0.15) is 0 Å². The highest BCUT2D eigenvalue weighted by Crippen LogP contribution is 2.12. The van der Waals surface area contributed by atoms with Gasteiger partial charge in [-0.1, -0.05) is 26.0 Å². The molecule has 2 rings (SSSR count). The number of halogens is 1. The molecule has 152 valence electrons. The first kappa shape index (κ1) is 21.7. The normalized spacial score (nSPS) is 16.5. The molecule has 0 radical (unpaired) electrons. The molecule has 28 heavy (non-hydrogen) atoms. The van der Waals surface area contributed by atoms with Gasteiger partial charge >= 0.3 is 5.97 Å². The fourth-order valence-corrected chi connectivity index (χ4v) is 2.98. The van der Waals surface area contributed by atoms with Crippen LogP contribution in [0, 0.1) is 11.7 Å². The molecule has 2 N–H and O–H groups in total. The van der Waals surface area contributed by atoms with Gasteiger partial charge in [0, 0.05) is 13.1 Å². The molecule has 1 heterocycles. The summed E-state index contributed by atoms with van der Waals surface area (Å²) in [5, 5.41) is 5.07. The lowest BCUT2D eigenvalue weighted by molar-refractivity contribution is -0.147. The van der Waals surface area contributed by atoms with Gasteiger partial charge in [0.2, 0.25) is 5.91 Å². The molecule has 9 heteroatoms. The number of nitrogens with one attached hydrogen (secondary N) is 2. The molecule has 1 aromatic carbocycles. The van der Waals surface area contributed by atoms with Crippen molar-refractivity contribution in [1.82, 2.24) is 15.5 Å². The zero-order valence-corrected chi connectivity index (χ0v) is 16.7. The SMILES string of the molecule is CC(C)CCOC(=O)CC1C(=O)NCCN1C(=S)NC(=O)c1ccccc1F. The molecule has 7 nitrogen and oxygen atoms in total. The number of hydrogen-bond donors (Lipinski definition) is 2. The van der Waals surface area contributed by atoms with E-state index in [-0.39, 0.29) is 29.6 Å². The summed E-state index contributed by atoms with van der Waals surface area (Å²) in [7, 11) is 0. The van der Waals surface area contributed by atoms with Gasteiger partial charge in [-0.15, -0.1) is 0 Å². The number of carbonyl (C=O) groups is 3. The highest BCUT2D eigenvalue weighted by atomic mass is 32.1. The van der Waals surface area contributed by atoms with Gasteiger partial charge in [0.25, 0.3) is 5.91 Å². The molecular formula is C19H24FN3O4S. The second kappa shape index (κ2) is 10.1. The average molecular weight is 409 g/mol. The van der Waals surface area contributed by atoms with E-state index in [0.717, 1.165) is 6.42 Å². The molecular weight excluding hydrogens is 385 g/mol. The van der Waals surface area contributed by atoms with Crippen molar-refractivity contribution in [2.45, 2.75) is 32.7 Å². The third-order valence-corrected chi connectivity index (χ3v) is 4.59. The number of rotatable bonds is 6. The minimum Gasteiger partial charge on any atom is -0.466 e. The van der Waals surface area contributed by atoms with E-state index < -0.39 is 23.7 Å². The van der Waals surface area contributed by atoms with Crippen molar-refractivity contribution in [3.05, 3.63) is 35.6 Å². The molecule has 0 bridgehead atoms. The van der Waals surface area contributed by atoms with E-state index >= 15 is 0 Å². The van der Waals surface area contributed by atoms with E-state index in [2.05, 4.69) is 10.6 Å². The molecule has 1 fully saturated rings. The van der Waals surface area contributed by atoms with Crippen molar-refractivity contribution in [3.8, 4) is 0 Å². The van der Waals surface area contributed by atoms with Gasteiger partial charge in [-0.3, -0.25) is 19.7 Å². The van der Waals surface area contributed by atoms with Crippen molar-refractivity contribution in [2.75, 3.05) is 19.7 Å². The molecule has 0 spiro atoms. The van der Waals surface area contributed by atoms with Crippen LogP contribution in [0.25, 0.3) is 0 Å². The summed E-state index contributed by atoms with van der Waals surface area (Å²) in [5.41, 5.74) is -0.157. The number of benzene rings is 1. The van der Waals surface area contributed by atoms with Crippen LogP contribution in [0.5, 0.6) is 0 Å². The Morgan fingerprint density at radius 2 is 2.11 bits per heavy atom. The first-order valence-corrected chi connectivity index (χ1v) is 9.50. The number of esters is 1. The van der Waals surface area contributed by atoms with Crippen LogP contribution >= 0.6 is 12.2 Å². The number of piperazine rings is 1. The van der Waals surface area contributed by atoms with E-state index in [1.165, 1.54) is 29.2 Å². The van der Waals surface area contributed by atoms with Crippen molar-refractivity contribution < 1.29 is 23.5 Å². The Hall–Kier alpha value is -2.55. The first-order chi connectivity index (χ1) is 13.3. The zero-order valence-electron chi connectivity index (χ0n) is 15.9. The molecule has 0 aliphatic carbocycles. The van der Waals surface area contributed by atoms with Gasteiger partial charge in [0.15, 0.2) is 5.11 Å². The first-order valence-electron chi connectivity index (χ1n) is 9.09. The predicted octanol–water partition coefficient (Wildman–Crippen LogP) is 1.62. The largest absolute Gasteiger partial charge is 0.466 e. The number of thiocarbonyl (C=S) groups is 1. The Morgan fingerprint density at radius 3 is 2.79 bits per heavy atom. The summed E-state index contributed by atoms with van der Waals surface area (Å²) in [6.07, 6.45) is 0.531. The Kier molecular flexibility index (Phi) is 7.86. The average Bonchev–Trinajstić information content (AvgIpc) is 2.63. The number of nitrogens with zero attached hydrogens (tertiary/aromatic N) is 1. The lowest BCUT2D eigenvalue weighted by Crippen LogP contribution is -2.60. The lowest BCUT2D eigenvalue weighted by Gasteiger charge is -2.36. The fourth-order valence-electron chi connectivity index (χ4n) is 2.67. The zero-order chi connectivity index (χ0) is 20.7. The Labute approximate surface area is 168 Å². The minimum absolute atomic E-state index is 0.0388. The van der Waals surface area contributed by atoms with Crippen LogP contribution in [0.4, 0.5) is 4.39 Å². The summed E-state index contributed by atoms with van der Waals surface area (Å²) in [4.78, 5) is 38.1. The summed E-state index contributed by atoms with van der Waals surface area (Å²) < 4.78 is 18.9. The van der Waals surface area contributed by atoms with Crippen LogP contribution in [-0.4, -0.2) is 53.5 Å². The maximum absolute atomic E-state index is 13.8. The molecule has 1 atom stereocenters. The summed E-state index contributed by atoms with van der Waals surface area (Å²) in [6, 6.07) is 4.61. The van der Waals surface area contributed by atoms with E-state index in [0.29, 0.717) is 19.0 Å². The van der Waals surface area contributed by atoms with Gasteiger partial charge in [0.05, 0.1) is 18.6 Å². The summed E-state index contributed by atoms with van der Waals surface area (Å²) >= 11 is 5.24. The Balaban J connectivity index is 2.01. The predicted molar refractivity (Wildman–Crippen MR) is 105 cm³/mol. The summed E-state index contributed by atoms with van der Waals surface area (Å²) in [5.74, 6) is -1.90. The van der Waals surface area contributed by atoms with E-state index in [4.69, 9.17) is 17.0 Å². The van der Waals surface area contributed by atoms with Gasteiger partial charge in [-0.25, -0.2) is 4.39 Å². The Morgan fingerprint density at radius 1 is 1.39 bits per heavy atom. The lowest BCUT2D eigenvalue weighted by atomic mass is 10.1. The fraction of sp³-hybridized carbons (Fsp3) is 0.474. The number of ether oxygens (including phenoxy) is 1. The van der Waals surface area contributed by atoms with Gasteiger partial charge in [0.1, 0.15) is 11.9 Å². The van der Waals surface area contributed by atoms with Crippen molar-refractivity contribution in [2.24, 2.45) is 5.92 Å². The topological polar surface area (TPSA) is 87.7 Å². The van der Waals surface area contributed by atoms with Crippen molar-refractivity contribution >= 4 is 35.1 Å². The van der Waals surface area contributed by atoms with Gasteiger partial charge in [-0.05, 0) is 36.7 Å². The monoisotopic (exact) mass is 409 g/mol. The number of carbonyl (C=O) groups excluding carboxylic acids is 3. The molecule has 0 saturated carbocycles. The second-order valence-electron chi connectivity index (χ2n) is 6.85. The maximum atomic E-state index is 13.8. The number of hydrogen-bond acceptors (Lipinski definition) is 5. The second-order valence-corrected chi connectivity index (χ2v) is 7.23.